The first-order chi connectivity index (χ1) is 7.35. The second-order valence-corrected chi connectivity index (χ2v) is 5.99. The van der Waals surface area contributed by atoms with Crippen molar-refractivity contribution in [3.05, 3.63) is 27.4 Å². The first-order valence-corrected chi connectivity index (χ1v) is 6.94. The average Bonchev–Trinajstić information content (AvgIpc) is 2.11. The molecule has 0 heterocycles. The van der Waals surface area contributed by atoms with Crippen molar-refractivity contribution in [1.29, 1.82) is 0 Å². The van der Waals surface area contributed by atoms with Crippen LogP contribution in [0, 0.1) is 5.82 Å². The van der Waals surface area contributed by atoms with Gasteiger partial charge in [-0.2, -0.15) is 0 Å². The lowest BCUT2D eigenvalue weighted by atomic mass is 10.3. The van der Waals surface area contributed by atoms with E-state index in [1.807, 2.05) is 0 Å². The number of hydrogen-bond donors (Lipinski definition) is 2. The lowest BCUT2D eigenvalue weighted by Gasteiger charge is -2.10. The molecule has 0 saturated carbocycles. The molecule has 0 amide bonds. The highest BCUT2D eigenvalue weighted by molar-refractivity contribution is 9.10. The summed E-state index contributed by atoms with van der Waals surface area (Å²) in [6, 6.07) is 2.08. The van der Waals surface area contributed by atoms with Gasteiger partial charge >= 0.3 is 0 Å². The van der Waals surface area contributed by atoms with Gasteiger partial charge in [0, 0.05) is 4.47 Å². The average molecular weight is 333 g/mol. The number of hydrogen-bond acceptors (Lipinski definition) is 3. The highest BCUT2D eigenvalue weighted by Gasteiger charge is 2.15. The molecule has 0 aliphatic rings. The van der Waals surface area contributed by atoms with Crippen LogP contribution in [0.15, 0.2) is 16.6 Å². The van der Waals surface area contributed by atoms with Gasteiger partial charge in [0.1, 0.15) is 5.82 Å². The van der Waals surface area contributed by atoms with Crippen molar-refractivity contribution in [2.45, 2.75) is 0 Å². The molecule has 90 valence electrons. The summed E-state index contributed by atoms with van der Waals surface area (Å²) in [7, 11) is -3.68. The molecular weight excluding hydrogens is 325 g/mol. The summed E-state index contributed by atoms with van der Waals surface area (Å²) < 4.78 is 37.9. The largest absolute Gasteiger partial charge is 0.395 e. The van der Waals surface area contributed by atoms with E-state index < -0.39 is 28.2 Å². The summed E-state index contributed by atoms with van der Waals surface area (Å²) in [5.41, 5.74) is 0.0523. The standard InChI is InChI=1S/C8H8BrClFNO3S/c9-6-3-5(11)4-7(10)8(6)12-16(14,15)2-1-13/h3-4,12-13H,1-2H2. The summed E-state index contributed by atoms with van der Waals surface area (Å²) >= 11 is 8.67. The van der Waals surface area contributed by atoms with E-state index in [1.165, 1.54) is 0 Å². The van der Waals surface area contributed by atoms with Crippen molar-refractivity contribution in [3.63, 3.8) is 0 Å². The van der Waals surface area contributed by atoms with Gasteiger partial charge < -0.3 is 5.11 Å². The van der Waals surface area contributed by atoms with Gasteiger partial charge in [-0.25, -0.2) is 12.8 Å². The molecule has 1 aromatic rings. The monoisotopic (exact) mass is 331 g/mol. The molecule has 0 aromatic heterocycles. The lowest BCUT2D eigenvalue weighted by Crippen LogP contribution is -2.19. The number of nitrogens with one attached hydrogen (secondary N) is 1. The highest BCUT2D eigenvalue weighted by Crippen LogP contribution is 2.32. The van der Waals surface area contributed by atoms with Gasteiger partial charge in [-0.05, 0) is 28.1 Å². The van der Waals surface area contributed by atoms with Gasteiger partial charge in [-0.15, -0.1) is 0 Å². The minimum atomic E-state index is -3.68. The van der Waals surface area contributed by atoms with Crippen molar-refractivity contribution in [1.82, 2.24) is 0 Å². The number of sulfonamides is 1. The predicted octanol–water partition coefficient (Wildman–Crippen LogP) is 1.98. The Morgan fingerprint density at radius 3 is 2.62 bits per heavy atom. The SMILES string of the molecule is O=S(=O)(CCO)Nc1c(Cl)cc(F)cc1Br. The minimum absolute atomic E-state index is 0.0523. The summed E-state index contributed by atoms with van der Waals surface area (Å²) in [5.74, 6) is -1.03. The predicted molar refractivity (Wildman–Crippen MR) is 63.6 cm³/mol. The highest BCUT2D eigenvalue weighted by atomic mass is 79.9. The smallest absolute Gasteiger partial charge is 0.235 e. The van der Waals surface area contributed by atoms with Crippen molar-refractivity contribution >= 4 is 43.2 Å². The van der Waals surface area contributed by atoms with Crippen LogP contribution in [0.1, 0.15) is 0 Å². The maximum atomic E-state index is 12.9. The number of anilines is 1. The van der Waals surface area contributed by atoms with E-state index in [1.54, 1.807) is 0 Å². The molecule has 0 saturated heterocycles. The van der Waals surface area contributed by atoms with Gasteiger partial charge in [-0.3, -0.25) is 4.72 Å². The van der Waals surface area contributed by atoms with E-state index >= 15 is 0 Å². The summed E-state index contributed by atoms with van der Waals surface area (Å²) in [6.07, 6.45) is 0. The molecule has 0 spiro atoms. The zero-order valence-corrected chi connectivity index (χ0v) is 11.0. The van der Waals surface area contributed by atoms with Gasteiger partial charge in [-0.1, -0.05) is 11.6 Å². The Morgan fingerprint density at radius 1 is 1.50 bits per heavy atom. The van der Waals surface area contributed by atoms with Crippen molar-refractivity contribution in [2.75, 3.05) is 17.1 Å². The molecule has 0 aliphatic carbocycles. The van der Waals surface area contributed by atoms with Crippen LogP contribution < -0.4 is 4.72 Å². The Labute approximate surface area is 106 Å². The quantitative estimate of drug-likeness (QED) is 0.886. The fourth-order valence-corrected chi connectivity index (χ4v) is 2.93. The fourth-order valence-electron chi connectivity index (χ4n) is 0.966. The molecule has 1 aromatic carbocycles. The number of benzene rings is 1. The van der Waals surface area contributed by atoms with Crippen LogP contribution in [0.4, 0.5) is 10.1 Å². The molecule has 0 fully saturated rings. The van der Waals surface area contributed by atoms with Crippen molar-refractivity contribution < 1.29 is 17.9 Å². The Kier molecular flexibility index (Phi) is 4.54. The van der Waals surface area contributed by atoms with E-state index in [0.717, 1.165) is 12.1 Å². The molecule has 0 aliphatic heterocycles. The van der Waals surface area contributed by atoms with Crippen LogP contribution in [0.25, 0.3) is 0 Å². The second-order valence-electron chi connectivity index (χ2n) is 2.89. The third-order valence-electron chi connectivity index (χ3n) is 1.62. The molecular formula is C8H8BrClFNO3S. The van der Waals surface area contributed by atoms with Crippen molar-refractivity contribution in [2.24, 2.45) is 0 Å². The summed E-state index contributed by atoms with van der Waals surface area (Å²) in [6.45, 7) is -0.508. The molecule has 1 rings (SSSR count). The molecule has 16 heavy (non-hydrogen) atoms. The first-order valence-electron chi connectivity index (χ1n) is 4.11. The van der Waals surface area contributed by atoms with Crippen LogP contribution in [-0.2, 0) is 10.0 Å². The summed E-state index contributed by atoms with van der Waals surface area (Å²) in [4.78, 5) is 0. The van der Waals surface area contributed by atoms with Gasteiger partial charge in [0.05, 0.1) is 23.1 Å². The maximum Gasteiger partial charge on any atom is 0.235 e. The van der Waals surface area contributed by atoms with E-state index in [2.05, 4.69) is 20.7 Å². The lowest BCUT2D eigenvalue weighted by molar-refractivity contribution is 0.320. The number of aliphatic hydroxyl groups excluding tert-OH is 1. The Hall–Kier alpha value is -0.370. The molecule has 8 heteroatoms. The Balaban J connectivity index is 3.07. The maximum absolute atomic E-state index is 12.9. The molecule has 0 radical (unpaired) electrons. The third kappa shape index (κ3) is 3.58. The van der Waals surface area contributed by atoms with Crippen LogP contribution in [-0.4, -0.2) is 25.9 Å². The van der Waals surface area contributed by atoms with Crippen LogP contribution in [0.5, 0.6) is 0 Å². The van der Waals surface area contributed by atoms with Crippen LogP contribution in [0.3, 0.4) is 0 Å². The van der Waals surface area contributed by atoms with Crippen LogP contribution in [0.2, 0.25) is 5.02 Å². The molecule has 4 nitrogen and oxygen atoms in total. The zero-order valence-electron chi connectivity index (χ0n) is 7.87. The third-order valence-corrected chi connectivity index (χ3v) is 3.78. The number of halogens is 3. The van der Waals surface area contributed by atoms with Gasteiger partial charge in [0.15, 0.2) is 0 Å². The Morgan fingerprint density at radius 2 is 2.12 bits per heavy atom. The van der Waals surface area contributed by atoms with Gasteiger partial charge in [0.2, 0.25) is 10.0 Å². The normalized spacial score (nSPS) is 11.5. The van der Waals surface area contributed by atoms with E-state index in [9.17, 15) is 12.8 Å². The Bertz CT molecular complexity index is 471. The van der Waals surface area contributed by atoms with Gasteiger partial charge in [0.25, 0.3) is 0 Å². The minimum Gasteiger partial charge on any atom is -0.395 e. The first kappa shape index (κ1) is 13.7. The number of rotatable bonds is 4. The molecule has 2 N–H and O–H groups in total. The molecule has 0 atom stereocenters. The molecule has 0 bridgehead atoms. The zero-order chi connectivity index (χ0) is 12.3. The second kappa shape index (κ2) is 5.31. The topological polar surface area (TPSA) is 66.4 Å². The molecule has 0 unspecified atom stereocenters. The van der Waals surface area contributed by atoms with E-state index in [-0.39, 0.29) is 15.2 Å². The summed E-state index contributed by atoms with van der Waals surface area (Å²) in [5, 5.41) is 8.48. The van der Waals surface area contributed by atoms with E-state index in [0.29, 0.717) is 0 Å². The fraction of sp³-hybridized carbons (Fsp3) is 0.250. The van der Waals surface area contributed by atoms with E-state index in [4.69, 9.17) is 16.7 Å². The van der Waals surface area contributed by atoms with Crippen LogP contribution >= 0.6 is 27.5 Å². The number of aliphatic hydroxyl groups is 1. The van der Waals surface area contributed by atoms with Crippen molar-refractivity contribution in [3.8, 4) is 0 Å².